The first-order valence-corrected chi connectivity index (χ1v) is 7.93. The second kappa shape index (κ2) is 7.87. The van der Waals surface area contributed by atoms with Crippen LogP contribution in [-0.4, -0.2) is 43.1 Å². The number of hydrogen-bond acceptors (Lipinski definition) is 6. The van der Waals surface area contributed by atoms with Crippen LogP contribution in [0.1, 0.15) is 51.2 Å². The first-order valence-electron chi connectivity index (χ1n) is 7.93. The van der Waals surface area contributed by atoms with Crippen LogP contribution in [0.5, 0.6) is 0 Å². The molecular formula is C15H27N3O3. The molecule has 1 aromatic rings. The number of aromatic nitrogens is 2. The molecule has 1 aliphatic heterocycles. The van der Waals surface area contributed by atoms with Crippen LogP contribution in [0.4, 0.5) is 0 Å². The van der Waals surface area contributed by atoms with Crippen molar-refractivity contribution in [3.05, 3.63) is 11.7 Å². The van der Waals surface area contributed by atoms with Gasteiger partial charge in [-0.25, -0.2) is 0 Å². The maximum absolute atomic E-state index is 5.69. The minimum Gasteiger partial charge on any atom is -0.381 e. The molecule has 1 aliphatic rings. The van der Waals surface area contributed by atoms with Gasteiger partial charge < -0.3 is 19.3 Å². The maximum atomic E-state index is 5.69. The van der Waals surface area contributed by atoms with E-state index in [0.29, 0.717) is 31.0 Å². The van der Waals surface area contributed by atoms with Gasteiger partial charge in [0.25, 0.3) is 0 Å². The zero-order valence-electron chi connectivity index (χ0n) is 13.4. The smallest absolute Gasteiger partial charge is 0.228 e. The van der Waals surface area contributed by atoms with Crippen molar-refractivity contribution in [2.75, 3.05) is 26.9 Å². The molecule has 6 nitrogen and oxygen atoms in total. The highest BCUT2D eigenvalue weighted by molar-refractivity contribution is 5.03. The molecule has 0 spiro atoms. The standard InChI is InChI=1S/C15H27N3O3/c1-4-8-16-12(5-2)11-13-17-14(18-21-13)15(19-3)6-9-20-10-7-15/h12,16H,4-11H2,1-3H3. The molecule has 0 amide bonds. The van der Waals surface area contributed by atoms with Crippen LogP contribution in [0.15, 0.2) is 4.52 Å². The molecule has 21 heavy (non-hydrogen) atoms. The van der Waals surface area contributed by atoms with E-state index in [-0.39, 0.29) is 0 Å². The molecule has 0 aliphatic carbocycles. The van der Waals surface area contributed by atoms with Crippen LogP contribution in [-0.2, 0) is 21.5 Å². The van der Waals surface area contributed by atoms with Crippen molar-refractivity contribution in [3.8, 4) is 0 Å². The predicted octanol–water partition coefficient (Wildman–Crippen LogP) is 2.04. The highest BCUT2D eigenvalue weighted by Gasteiger charge is 2.39. The molecule has 2 rings (SSSR count). The van der Waals surface area contributed by atoms with Crippen LogP contribution in [0, 0.1) is 0 Å². The third-order valence-electron chi connectivity index (χ3n) is 4.16. The van der Waals surface area contributed by atoms with Gasteiger partial charge in [-0.15, -0.1) is 0 Å². The summed E-state index contributed by atoms with van der Waals surface area (Å²) in [5.41, 5.74) is -0.446. The van der Waals surface area contributed by atoms with Crippen LogP contribution in [0.2, 0.25) is 0 Å². The van der Waals surface area contributed by atoms with Gasteiger partial charge in [-0.2, -0.15) is 4.98 Å². The SMILES string of the molecule is CCCNC(CC)Cc1nc(C2(OC)CCOCC2)no1. The quantitative estimate of drug-likeness (QED) is 0.792. The predicted molar refractivity (Wildman–Crippen MR) is 79.1 cm³/mol. The molecule has 2 heterocycles. The molecule has 0 radical (unpaired) electrons. The molecular weight excluding hydrogens is 270 g/mol. The Kier molecular flexibility index (Phi) is 6.14. The molecule has 6 heteroatoms. The van der Waals surface area contributed by atoms with Crippen LogP contribution in [0.25, 0.3) is 0 Å². The minimum absolute atomic E-state index is 0.381. The largest absolute Gasteiger partial charge is 0.381 e. The molecule has 1 saturated heterocycles. The first-order chi connectivity index (χ1) is 10.2. The number of rotatable bonds is 8. The Labute approximate surface area is 126 Å². The van der Waals surface area contributed by atoms with Gasteiger partial charge in [-0.05, 0) is 19.4 Å². The summed E-state index contributed by atoms with van der Waals surface area (Å²) >= 11 is 0. The molecule has 0 saturated carbocycles. The topological polar surface area (TPSA) is 69.4 Å². The Bertz CT molecular complexity index is 416. The lowest BCUT2D eigenvalue weighted by atomic mass is 9.93. The highest BCUT2D eigenvalue weighted by Crippen LogP contribution is 2.33. The van der Waals surface area contributed by atoms with E-state index in [9.17, 15) is 0 Å². The number of hydrogen-bond donors (Lipinski definition) is 1. The highest BCUT2D eigenvalue weighted by atomic mass is 16.5. The fourth-order valence-electron chi connectivity index (χ4n) is 2.66. The third kappa shape index (κ3) is 4.02. The number of ether oxygens (including phenoxy) is 2. The van der Waals surface area contributed by atoms with Crippen molar-refractivity contribution in [2.24, 2.45) is 0 Å². The molecule has 120 valence electrons. The lowest BCUT2D eigenvalue weighted by molar-refractivity contribution is -0.101. The van der Waals surface area contributed by atoms with E-state index in [1.165, 1.54) is 0 Å². The zero-order valence-corrected chi connectivity index (χ0v) is 13.4. The Hall–Kier alpha value is -0.980. The summed E-state index contributed by atoms with van der Waals surface area (Å²) in [6.45, 7) is 6.69. The van der Waals surface area contributed by atoms with Gasteiger partial charge in [-0.1, -0.05) is 19.0 Å². The van der Waals surface area contributed by atoms with Crippen molar-refractivity contribution in [2.45, 2.75) is 57.6 Å². The van der Waals surface area contributed by atoms with Crippen LogP contribution >= 0.6 is 0 Å². The van der Waals surface area contributed by atoms with Gasteiger partial charge in [0.1, 0.15) is 5.60 Å². The number of nitrogens with zero attached hydrogens (tertiary/aromatic N) is 2. The minimum atomic E-state index is -0.446. The summed E-state index contributed by atoms with van der Waals surface area (Å²) in [5, 5.41) is 7.66. The van der Waals surface area contributed by atoms with E-state index in [2.05, 4.69) is 29.3 Å². The van der Waals surface area contributed by atoms with Crippen molar-refractivity contribution in [1.29, 1.82) is 0 Å². The third-order valence-corrected chi connectivity index (χ3v) is 4.16. The van der Waals surface area contributed by atoms with Gasteiger partial charge in [0.15, 0.2) is 0 Å². The monoisotopic (exact) mass is 297 g/mol. The molecule has 1 N–H and O–H groups in total. The van der Waals surface area contributed by atoms with Crippen molar-refractivity contribution >= 4 is 0 Å². The Morgan fingerprint density at radius 2 is 2.10 bits per heavy atom. The van der Waals surface area contributed by atoms with Gasteiger partial charge in [0, 0.05) is 45.6 Å². The molecule has 1 aromatic heterocycles. The van der Waals surface area contributed by atoms with Crippen molar-refractivity contribution in [3.63, 3.8) is 0 Å². The lowest BCUT2D eigenvalue weighted by Crippen LogP contribution is -2.36. The first kappa shape index (κ1) is 16.4. The summed E-state index contributed by atoms with van der Waals surface area (Å²) in [6, 6.07) is 0.381. The summed E-state index contributed by atoms with van der Waals surface area (Å²) in [6.07, 6.45) is 4.47. The lowest BCUT2D eigenvalue weighted by Gasteiger charge is -2.32. The summed E-state index contributed by atoms with van der Waals surface area (Å²) in [4.78, 5) is 4.57. The summed E-state index contributed by atoms with van der Waals surface area (Å²) in [7, 11) is 1.71. The van der Waals surface area contributed by atoms with Gasteiger partial charge in [-0.3, -0.25) is 0 Å². The molecule has 1 atom stereocenters. The number of nitrogens with one attached hydrogen (secondary N) is 1. The van der Waals surface area contributed by atoms with E-state index in [0.717, 1.165) is 38.6 Å². The molecule has 0 bridgehead atoms. The van der Waals surface area contributed by atoms with Gasteiger partial charge >= 0.3 is 0 Å². The average molecular weight is 297 g/mol. The average Bonchev–Trinajstić information content (AvgIpc) is 3.01. The molecule has 1 fully saturated rings. The summed E-state index contributed by atoms with van der Waals surface area (Å²) < 4.78 is 16.5. The van der Waals surface area contributed by atoms with Gasteiger partial charge in [0.2, 0.25) is 11.7 Å². The second-order valence-electron chi connectivity index (χ2n) is 5.59. The van der Waals surface area contributed by atoms with Crippen molar-refractivity contribution < 1.29 is 14.0 Å². The normalized spacial score (nSPS) is 19.6. The van der Waals surface area contributed by atoms with E-state index >= 15 is 0 Å². The Morgan fingerprint density at radius 3 is 2.71 bits per heavy atom. The van der Waals surface area contributed by atoms with E-state index in [1.54, 1.807) is 7.11 Å². The number of methoxy groups -OCH3 is 1. The van der Waals surface area contributed by atoms with E-state index in [4.69, 9.17) is 14.0 Å². The Balaban J connectivity index is 2.02. The van der Waals surface area contributed by atoms with Crippen LogP contribution < -0.4 is 5.32 Å². The Morgan fingerprint density at radius 1 is 1.33 bits per heavy atom. The fraction of sp³-hybridized carbons (Fsp3) is 0.867. The van der Waals surface area contributed by atoms with Gasteiger partial charge in [0.05, 0.1) is 0 Å². The van der Waals surface area contributed by atoms with E-state index < -0.39 is 5.60 Å². The van der Waals surface area contributed by atoms with Crippen molar-refractivity contribution in [1.82, 2.24) is 15.5 Å². The zero-order chi connectivity index (χ0) is 15.1. The van der Waals surface area contributed by atoms with Crippen LogP contribution in [0.3, 0.4) is 0 Å². The maximum Gasteiger partial charge on any atom is 0.228 e. The molecule has 1 unspecified atom stereocenters. The second-order valence-corrected chi connectivity index (χ2v) is 5.59. The fourth-order valence-corrected chi connectivity index (χ4v) is 2.66. The summed E-state index contributed by atoms with van der Waals surface area (Å²) in [5.74, 6) is 1.34. The van der Waals surface area contributed by atoms with E-state index in [1.807, 2.05) is 0 Å². The molecule has 0 aromatic carbocycles.